The molecule has 20 heavy (non-hydrogen) atoms. The molecule has 1 aliphatic carbocycles. The molecule has 0 saturated heterocycles. The Labute approximate surface area is 119 Å². The van der Waals surface area contributed by atoms with E-state index in [0.717, 1.165) is 35.0 Å². The highest BCUT2D eigenvalue weighted by atomic mass is 16.1. The van der Waals surface area contributed by atoms with Gasteiger partial charge in [0.05, 0.1) is 0 Å². The molecule has 0 radical (unpaired) electrons. The van der Waals surface area contributed by atoms with Gasteiger partial charge in [0.2, 0.25) is 0 Å². The van der Waals surface area contributed by atoms with Crippen LogP contribution in [0.15, 0.2) is 24.3 Å². The Bertz CT molecular complexity index is 606. The zero-order valence-corrected chi connectivity index (χ0v) is 12.0. The fraction of sp³-hybridized carbons (Fsp3) is 0.471. The second-order valence-corrected chi connectivity index (χ2v) is 5.83. The number of nitrogens with one attached hydrogen (secondary N) is 2. The quantitative estimate of drug-likeness (QED) is 0.798. The van der Waals surface area contributed by atoms with Crippen molar-refractivity contribution in [1.82, 2.24) is 10.3 Å². The molecule has 2 aromatic rings. The third-order valence-corrected chi connectivity index (χ3v) is 4.38. The smallest absolute Gasteiger partial charge is 0.268 e. The molecule has 0 bridgehead atoms. The van der Waals surface area contributed by atoms with Gasteiger partial charge in [-0.3, -0.25) is 4.79 Å². The van der Waals surface area contributed by atoms with E-state index in [9.17, 15) is 4.79 Å². The number of rotatable bonds is 2. The number of carbonyl (C=O) groups is 1. The molecule has 1 aliphatic rings. The van der Waals surface area contributed by atoms with Crippen molar-refractivity contribution in [3.63, 3.8) is 0 Å². The minimum Gasteiger partial charge on any atom is -0.350 e. The summed E-state index contributed by atoms with van der Waals surface area (Å²) in [5.74, 6) is 0.0469. The summed E-state index contributed by atoms with van der Waals surface area (Å²) in [5.41, 5.74) is 2.80. The molecule has 1 aromatic heterocycles. The Morgan fingerprint density at radius 1 is 1.15 bits per heavy atom. The predicted octanol–water partition coefficient (Wildman–Crippen LogP) is 3.93. The normalized spacial score (nSPS) is 17.1. The van der Waals surface area contributed by atoms with Crippen molar-refractivity contribution in [2.24, 2.45) is 0 Å². The predicted molar refractivity (Wildman–Crippen MR) is 82.0 cm³/mol. The molecule has 1 fully saturated rings. The summed E-state index contributed by atoms with van der Waals surface area (Å²) in [6, 6.07) is 8.42. The number of benzene rings is 1. The fourth-order valence-electron chi connectivity index (χ4n) is 3.19. The van der Waals surface area contributed by atoms with Crippen LogP contribution in [0.2, 0.25) is 0 Å². The van der Waals surface area contributed by atoms with Crippen molar-refractivity contribution in [1.29, 1.82) is 0 Å². The van der Waals surface area contributed by atoms with E-state index in [2.05, 4.69) is 16.4 Å². The lowest BCUT2D eigenvalue weighted by molar-refractivity contribution is 0.0928. The molecule has 1 aromatic carbocycles. The average molecular weight is 270 g/mol. The highest BCUT2D eigenvalue weighted by Gasteiger charge is 2.19. The van der Waals surface area contributed by atoms with Gasteiger partial charge in [0.25, 0.3) is 5.91 Å². The molecule has 3 rings (SSSR count). The van der Waals surface area contributed by atoms with Gasteiger partial charge < -0.3 is 10.3 Å². The van der Waals surface area contributed by atoms with Gasteiger partial charge >= 0.3 is 0 Å². The Kier molecular flexibility index (Phi) is 3.77. The number of hydrogen-bond donors (Lipinski definition) is 2. The third-order valence-electron chi connectivity index (χ3n) is 4.38. The SMILES string of the molecule is Cc1c(C(=O)NC2CCCCCC2)[nH]c2ccccc12. The maximum absolute atomic E-state index is 12.5. The number of fused-ring (bicyclic) bond motifs is 1. The maximum Gasteiger partial charge on any atom is 0.268 e. The summed E-state index contributed by atoms with van der Waals surface area (Å²) in [6.45, 7) is 2.01. The highest BCUT2D eigenvalue weighted by molar-refractivity contribution is 6.00. The van der Waals surface area contributed by atoms with E-state index >= 15 is 0 Å². The van der Waals surface area contributed by atoms with Gasteiger partial charge in [-0.05, 0) is 31.4 Å². The van der Waals surface area contributed by atoms with Crippen molar-refractivity contribution in [2.45, 2.75) is 51.5 Å². The van der Waals surface area contributed by atoms with Crippen LogP contribution in [-0.4, -0.2) is 16.9 Å². The topological polar surface area (TPSA) is 44.9 Å². The van der Waals surface area contributed by atoms with Crippen LogP contribution in [0.1, 0.15) is 54.6 Å². The molecular weight excluding hydrogens is 248 g/mol. The van der Waals surface area contributed by atoms with E-state index in [1.807, 2.05) is 25.1 Å². The molecule has 1 heterocycles. The van der Waals surface area contributed by atoms with Crippen molar-refractivity contribution >= 4 is 16.8 Å². The van der Waals surface area contributed by atoms with E-state index in [-0.39, 0.29) is 5.91 Å². The van der Waals surface area contributed by atoms with Gasteiger partial charge in [0, 0.05) is 16.9 Å². The summed E-state index contributed by atoms with van der Waals surface area (Å²) < 4.78 is 0. The van der Waals surface area contributed by atoms with Crippen LogP contribution in [0.25, 0.3) is 10.9 Å². The molecule has 0 aliphatic heterocycles. The van der Waals surface area contributed by atoms with E-state index in [1.165, 1.54) is 25.7 Å². The summed E-state index contributed by atoms with van der Waals surface area (Å²) >= 11 is 0. The molecule has 0 unspecified atom stereocenters. The number of hydrogen-bond acceptors (Lipinski definition) is 1. The number of carbonyl (C=O) groups excluding carboxylic acids is 1. The molecular formula is C17H22N2O. The first-order valence-corrected chi connectivity index (χ1v) is 7.64. The number of para-hydroxylation sites is 1. The van der Waals surface area contributed by atoms with E-state index in [4.69, 9.17) is 0 Å². The van der Waals surface area contributed by atoms with Crippen LogP contribution >= 0.6 is 0 Å². The van der Waals surface area contributed by atoms with E-state index in [0.29, 0.717) is 6.04 Å². The van der Waals surface area contributed by atoms with Gasteiger partial charge in [-0.1, -0.05) is 43.9 Å². The molecule has 106 valence electrons. The Hall–Kier alpha value is -1.77. The number of aromatic nitrogens is 1. The van der Waals surface area contributed by atoms with E-state index in [1.54, 1.807) is 0 Å². The maximum atomic E-state index is 12.5. The van der Waals surface area contributed by atoms with Gasteiger partial charge in [0.1, 0.15) is 5.69 Å². The molecule has 0 atom stereocenters. The minimum atomic E-state index is 0.0469. The standard InChI is InChI=1S/C17H22N2O/c1-12-14-10-6-7-11-15(14)19-16(12)17(20)18-13-8-4-2-3-5-9-13/h6-7,10-11,13,19H,2-5,8-9H2,1H3,(H,18,20). The summed E-state index contributed by atoms with van der Waals surface area (Å²) in [7, 11) is 0. The van der Waals surface area contributed by atoms with Crippen molar-refractivity contribution in [2.75, 3.05) is 0 Å². The number of aromatic amines is 1. The lowest BCUT2D eigenvalue weighted by Crippen LogP contribution is -2.34. The van der Waals surface area contributed by atoms with Crippen LogP contribution in [0.4, 0.5) is 0 Å². The average Bonchev–Trinajstić information content (AvgIpc) is 2.64. The molecule has 3 heteroatoms. The minimum absolute atomic E-state index is 0.0469. The first-order chi connectivity index (χ1) is 9.75. The Morgan fingerprint density at radius 2 is 1.85 bits per heavy atom. The second-order valence-electron chi connectivity index (χ2n) is 5.83. The van der Waals surface area contributed by atoms with Gasteiger partial charge in [-0.25, -0.2) is 0 Å². The molecule has 3 nitrogen and oxygen atoms in total. The highest BCUT2D eigenvalue weighted by Crippen LogP contribution is 2.22. The zero-order chi connectivity index (χ0) is 13.9. The van der Waals surface area contributed by atoms with Crippen LogP contribution < -0.4 is 5.32 Å². The van der Waals surface area contributed by atoms with Crippen LogP contribution in [0.5, 0.6) is 0 Å². The van der Waals surface area contributed by atoms with Gasteiger partial charge in [-0.15, -0.1) is 0 Å². The molecule has 1 saturated carbocycles. The van der Waals surface area contributed by atoms with Crippen LogP contribution in [0, 0.1) is 6.92 Å². The lowest BCUT2D eigenvalue weighted by Gasteiger charge is -2.15. The zero-order valence-electron chi connectivity index (χ0n) is 12.0. The largest absolute Gasteiger partial charge is 0.350 e. The monoisotopic (exact) mass is 270 g/mol. The van der Waals surface area contributed by atoms with E-state index < -0.39 is 0 Å². The fourth-order valence-corrected chi connectivity index (χ4v) is 3.19. The third kappa shape index (κ3) is 2.58. The summed E-state index contributed by atoms with van der Waals surface area (Å²) in [6.07, 6.45) is 7.30. The number of aryl methyl sites for hydroxylation is 1. The van der Waals surface area contributed by atoms with Crippen molar-refractivity contribution in [3.8, 4) is 0 Å². The lowest BCUT2D eigenvalue weighted by atomic mass is 10.1. The first kappa shape index (κ1) is 13.2. The summed E-state index contributed by atoms with van der Waals surface area (Å²) in [5, 5.41) is 4.34. The van der Waals surface area contributed by atoms with Crippen molar-refractivity contribution < 1.29 is 4.79 Å². The van der Waals surface area contributed by atoms with Crippen molar-refractivity contribution in [3.05, 3.63) is 35.5 Å². The molecule has 1 amide bonds. The van der Waals surface area contributed by atoms with Gasteiger partial charge in [0.15, 0.2) is 0 Å². The molecule has 0 spiro atoms. The Balaban J connectivity index is 1.79. The van der Waals surface area contributed by atoms with Crippen LogP contribution in [0.3, 0.4) is 0 Å². The first-order valence-electron chi connectivity index (χ1n) is 7.64. The Morgan fingerprint density at radius 3 is 2.55 bits per heavy atom. The number of amides is 1. The summed E-state index contributed by atoms with van der Waals surface area (Å²) in [4.78, 5) is 15.7. The number of H-pyrrole nitrogens is 1. The van der Waals surface area contributed by atoms with Crippen LogP contribution in [-0.2, 0) is 0 Å². The molecule has 2 N–H and O–H groups in total. The second kappa shape index (κ2) is 5.70. The van der Waals surface area contributed by atoms with Gasteiger partial charge in [-0.2, -0.15) is 0 Å².